The van der Waals surface area contributed by atoms with Gasteiger partial charge in [0, 0.05) is 16.1 Å². The van der Waals surface area contributed by atoms with Gasteiger partial charge in [0.1, 0.15) is 0 Å². The first-order chi connectivity index (χ1) is 6.16. The summed E-state index contributed by atoms with van der Waals surface area (Å²) in [5.41, 5.74) is 3.29. The van der Waals surface area contributed by atoms with Crippen molar-refractivity contribution in [2.75, 3.05) is 0 Å². The number of benzene rings is 1. The number of pyridine rings is 1. The number of hydrogen-bond acceptors (Lipinski definition) is 1. The van der Waals surface area contributed by atoms with Gasteiger partial charge in [-0.25, -0.2) is 0 Å². The van der Waals surface area contributed by atoms with E-state index in [0.717, 1.165) is 21.6 Å². The fourth-order valence-corrected chi connectivity index (χ4v) is 1.53. The van der Waals surface area contributed by atoms with E-state index in [0.29, 0.717) is 0 Å². The van der Waals surface area contributed by atoms with Gasteiger partial charge in [0.15, 0.2) is 0 Å². The summed E-state index contributed by atoms with van der Waals surface area (Å²) in [6.07, 6.45) is 0. The molecule has 0 atom stereocenters. The summed E-state index contributed by atoms with van der Waals surface area (Å²) in [7, 11) is 0. The SMILES string of the molecule is Cc1cc2cc(Cl)ccc2nc1C. The van der Waals surface area contributed by atoms with Crippen molar-refractivity contribution in [1.82, 2.24) is 4.98 Å². The van der Waals surface area contributed by atoms with Gasteiger partial charge in [0.2, 0.25) is 0 Å². The minimum absolute atomic E-state index is 0.762. The average molecular weight is 192 g/mol. The highest BCUT2D eigenvalue weighted by atomic mass is 35.5. The highest BCUT2D eigenvalue weighted by Crippen LogP contribution is 2.19. The molecule has 13 heavy (non-hydrogen) atoms. The zero-order valence-corrected chi connectivity index (χ0v) is 8.39. The van der Waals surface area contributed by atoms with Crippen LogP contribution in [0.3, 0.4) is 0 Å². The van der Waals surface area contributed by atoms with Crippen molar-refractivity contribution >= 4 is 22.5 Å². The van der Waals surface area contributed by atoms with Gasteiger partial charge in [-0.1, -0.05) is 11.6 Å². The molecular formula is C11H10ClN. The zero-order valence-electron chi connectivity index (χ0n) is 7.63. The Balaban J connectivity index is 2.81. The van der Waals surface area contributed by atoms with E-state index in [1.165, 1.54) is 5.56 Å². The van der Waals surface area contributed by atoms with Crippen LogP contribution < -0.4 is 0 Å². The minimum Gasteiger partial charge on any atom is -0.253 e. The Kier molecular flexibility index (Phi) is 1.97. The predicted molar refractivity (Wildman–Crippen MR) is 56.2 cm³/mol. The number of hydrogen-bond donors (Lipinski definition) is 0. The Labute approximate surface area is 82.4 Å². The van der Waals surface area contributed by atoms with E-state index in [1.54, 1.807) is 0 Å². The van der Waals surface area contributed by atoms with Crippen molar-refractivity contribution < 1.29 is 0 Å². The number of fused-ring (bicyclic) bond motifs is 1. The molecule has 0 N–H and O–H groups in total. The standard InChI is InChI=1S/C11H10ClN/c1-7-5-9-6-10(12)3-4-11(9)13-8(7)2/h3-6H,1-2H3. The monoisotopic (exact) mass is 191 g/mol. The van der Waals surface area contributed by atoms with E-state index in [2.05, 4.69) is 18.0 Å². The molecule has 2 rings (SSSR count). The molecule has 2 aromatic rings. The first-order valence-electron chi connectivity index (χ1n) is 4.20. The number of aromatic nitrogens is 1. The van der Waals surface area contributed by atoms with Crippen LogP contribution in [0.1, 0.15) is 11.3 Å². The molecule has 0 amide bonds. The fraction of sp³-hybridized carbons (Fsp3) is 0.182. The second-order valence-electron chi connectivity index (χ2n) is 3.23. The number of nitrogens with zero attached hydrogens (tertiary/aromatic N) is 1. The summed E-state index contributed by atoms with van der Waals surface area (Å²) >= 11 is 5.88. The maximum absolute atomic E-state index is 5.88. The molecule has 1 aromatic carbocycles. The van der Waals surface area contributed by atoms with E-state index in [1.807, 2.05) is 25.1 Å². The highest BCUT2D eigenvalue weighted by molar-refractivity contribution is 6.31. The largest absolute Gasteiger partial charge is 0.253 e. The third-order valence-corrected chi connectivity index (χ3v) is 2.46. The first kappa shape index (κ1) is 8.52. The van der Waals surface area contributed by atoms with E-state index in [4.69, 9.17) is 11.6 Å². The lowest BCUT2D eigenvalue weighted by atomic mass is 10.1. The van der Waals surface area contributed by atoms with Crippen LogP contribution in [0.5, 0.6) is 0 Å². The molecular weight excluding hydrogens is 182 g/mol. The van der Waals surface area contributed by atoms with Crippen LogP contribution in [0.25, 0.3) is 10.9 Å². The molecule has 0 aliphatic carbocycles. The molecule has 1 aromatic heterocycles. The molecule has 2 heteroatoms. The molecule has 0 aliphatic rings. The molecule has 0 fully saturated rings. The summed E-state index contributed by atoms with van der Waals surface area (Å²) in [5.74, 6) is 0. The molecule has 0 spiro atoms. The van der Waals surface area contributed by atoms with Crippen LogP contribution in [0.4, 0.5) is 0 Å². The van der Waals surface area contributed by atoms with Crippen LogP contribution in [0, 0.1) is 13.8 Å². The Morgan fingerprint density at radius 3 is 2.69 bits per heavy atom. The quantitative estimate of drug-likeness (QED) is 0.621. The summed E-state index contributed by atoms with van der Waals surface area (Å²) in [6.45, 7) is 4.08. The Morgan fingerprint density at radius 2 is 1.92 bits per heavy atom. The van der Waals surface area contributed by atoms with Crippen molar-refractivity contribution in [2.24, 2.45) is 0 Å². The summed E-state index contributed by atoms with van der Waals surface area (Å²) in [6, 6.07) is 7.87. The zero-order chi connectivity index (χ0) is 9.42. The van der Waals surface area contributed by atoms with Gasteiger partial charge in [-0.2, -0.15) is 0 Å². The van der Waals surface area contributed by atoms with Gasteiger partial charge in [-0.05, 0) is 43.7 Å². The molecule has 0 saturated carbocycles. The molecule has 0 aliphatic heterocycles. The van der Waals surface area contributed by atoms with Crippen molar-refractivity contribution in [3.8, 4) is 0 Å². The van der Waals surface area contributed by atoms with Crippen molar-refractivity contribution in [3.05, 3.63) is 40.5 Å². The van der Waals surface area contributed by atoms with Gasteiger partial charge in [-0.3, -0.25) is 4.98 Å². The lowest BCUT2D eigenvalue weighted by Crippen LogP contribution is -1.87. The van der Waals surface area contributed by atoms with Gasteiger partial charge in [-0.15, -0.1) is 0 Å². The van der Waals surface area contributed by atoms with Gasteiger partial charge < -0.3 is 0 Å². The Morgan fingerprint density at radius 1 is 1.15 bits per heavy atom. The summed E-state index contributed by atoms with van der Waals surface area (Å²) < 4.78 is 0. The molecule has 0 saturated heterocycles. The van der Waals surface area contributed by atoms with Crippen LogP contribution >= 0.6 is 11.6 Å². The maximum atomic E-state index is 5.88. The van der Waals surface area contributed by atoms with Gasteiger partial charge in [0.25, 0.3) is 0 Å². The normalized spacial score (nSPS) is 10.7. The Bertz CT molecular complexity index is 463. The molecule has 0 bridgehead atoms. The number of rotatable bonds is 0. The topological polar surface area (TPSA) is 12.9 Å². The Hall–Kier alpha value is -1.08. The van der Waals surface area contributed by atoms with Crippen LogP contribution in [0.2, 0.25) is 5.02 Å². The highest BCUT2D eigenvalue weighted by Gasteiger charge is 1.99. The fourth-order valence-electron chi connectivity index (χ4n) is 1.35. The average Bonchev–Trinajstić information content (AvgIpc) is 2.08. The van der Waals surface area contributed by atoms with Crippen LogP contribution in [-0.2, 0) is 0 Å². The van der Waals surface area contributed by atoms with Crippen LogP contribution in [0.15, 0.2) is 24.3 Å². The molecule has 0 radical (unpaired) electrons. The smallest absolute Gasteiger partial charge is 0.0706 e. The van der Waals surface area contributed by atoms with E-state index in [9.17, 15) is 0 Å². The molecule has 1 heterocycles. The van der Waals surface area contributed by atoms with E-state index < -0.39 is 0 Å². The maximum Gasteiger partial charge on any atom is 0.0706 e. The lowest BCUT2D eigenvalue weighted by Gasteiger charge is -2.02. The predicted octanol–water partition coefficient (Wildman–Crippen LogP) is 3.51. The summed E-state index contributed by atoms with van der Waals surface area (Å²) in [4.78, 5) is 4.46. The van der Waals surface area contributed by atoms with Crippen molar-refractivity contribution in [1.29, 1.82) is 0 Å². The second-order valence-corrected chi connectivity index (χ2v) is 3.66. The molecule has 66 valence electrons. The summed E-state index contributed by atoms with van der Waals surface area (Å²) in [5, 5.41) is 1.87. The third kappa shape index (κ3) is 1.52. The van der Waals surface area contributed by atoms with Crippen LogP contribution in [-0.4, -0.2) is 4.98 Å². The minimum atomic E-state index is 0.762. The van der Waals surface area contributed by atoms with Gasteiger partial charge >= 0.3 is 0 Å². The van der Waals surface area contributed by atoms with E-state index in [-0.39, 0.29) is 0 Å². The van der Waals surface area contributed by atoms with E-state index >= 15 is 0 Å². The van der Waals surface area contributed by atoms with Crippen molar-refractivity contribution in [3.63, 3.8) is 0 Å². The lowest BCUT2D eigenvalue weighted by molar-refractivity contribution is 1.20. The first-order valence-corrected chi connectivity index (χ1v) is 4.58. The number of aryl methyl sites for hydroxylation is 2. The van der Waals surface area contributed by atoms with Gasteiger partial charge in [0.05, 0.1) is 5.52 Å². The van der Waals surface area contributed by atoms with Crippen molar-refractivity contribution in [2.45, 2.75) is 13.8 Å². The number of halogens is 1. The second kappa shape index (κ2) is 3.00. The molecule has 1 nitrogen and oxygen atoms in total. The third-order valence-electron chi connectivity index (χ3n) is 2.22. The molecule has 0 unspecified atom stereocenters.